The second-order valence-corrected chi connectivity index (χ2v) is 11.2. The van der Waals surface area contributed by atoms with Gasteiger partial charge in [-0.1, -0.05) is 55.8 Å². The zero-order valence-electron chi connectivity index (χ0n) is 20.5. The highest BCUT2D eigenvalue weighted by Gasteiger charge is 2.58. The van der Waals surface area contributed by atoms with Crippen LogP contribution in [0.15, 0.2) is 72.1 Å². The number of thioether (sulfide) groups is 1. The summed E-state index contributed by atoms with van der Waals surface area (Å²) in [6, 6.07) is 22.0. The van der Waals surface area contributed by atoms with Crippen molar-refractivity contribution in [1.82, 2.24) is 9.47 Å². The maximum atomic E-state index is 5.87. The number of nitrogens with zero attached hydrogens (tertiary/aromatic N) is 2. The van der Waals surface area contributed by atoms with Crippen molar-refractivity contribution in [2.75, 3.05) is 13.2 Å². The molecule has 0 bridgehead atoms. The zero-order chi connectivity index (χ0) is 23.7. The Morgan fingerprint density at radius 2 is 1.77 bits per heavy atom. The first-order valence-electron chi connectivity index (χ1n) is 12.9. The van der Waals surface area contributed by atoms with Crippen LogP contribution in [0.1, 0.15) is 48.7 Å². The molecule has 1 aliphatic carbocycles. The maximum absolute atomic E-state index is 5.87. The summed E-state index contributed by atoms with van der Waals surface area (Å²) >= 11 is 2.03. The Labute approximate surface area is 212 Å². The van der Waals surface area contributed by atoms with Crippen molar-refractivity contribution in [1.29, 1.82) is 0 Å². The van der Waals surface area contributed by atoms with Gasteiger partial charge in [0.05, 0.1) is 4.75 Å². The predicted molar refractivity (Wildman–Crippen MR) is 143 cm³/mol. The van der Waals surface area contributed by atoms with E-state index in [4.69, 9.17) is 9.47 Å². The zero-order valence-corrected chi connectivity index (χ0v) is 21.3. The van der Waals surface area contributed by atoms with Crippen LogP contribution >= 0.6 is 11.8 Å². The number of unbranched alkanes of at least 4 members (excludes halogenated alkanes) is 1. The fourth-order valence-corrected chi connectivity index (χ4v) is 6.86. The lowest BCUT2D eigenvalue weighted by Gasteiger charge is -2.26. The van der Waals surface area contributed by atoms with E-state index < -0.39 is 0 Å². The van der Waals surface area contributed by atoms with Crippen LogP contribution < -0.4 is 9.47 Å². The molecule has 1 fully saturated rings. The molecule has 0 spiro atoms. The third-order valence-corrected chi connectivity index (χ3v) is 8.83. The molecule has 3 aromatic rings. The average molecular weight is 487 g/mol. The SMILES string of the molecule is CCCCn1c(CN(Cc2ccccc2)Cc2ccc3c(c2)OCCO3)ccc1C12CC1C=CS2. The summed E-state index contributed by atoms with van der Waals surface area (Å²) in [5, 5.41) is 2.31. The molecule has 0 radical (unpaired) electrons. The predicted octanol–water partition coefficient (Wildman–Crippen LogP) is 6.74. The van der Waals surface area contributed by atoms with Gasteiger partial charge in [-0.3, -0.25) is 4.90 Å². The molecule has 1 saturated carbocycles. The minimum atomic E-state index is 0.298. The Morgan fingerprint density at radius 3 is 2.54 bits per heavy atom. The van der Waals surface area contributed by atoms with Crippen LogP contribution in [-0.4, -0.2) is 22.7 Å². The summed E-state index contributed by atoms with van der Waals surface area (Å²) < 4.78 is 14.6. The van der Waals surface area contributed by atoms with Gasteiger partial charge in [0.1, 0.15) is 13.2 Å². The molecular formula is C30H34N2O2S. The Hall–Kier alpha value is -2.63. The van der Waals surface area contributed by atoms with Gasteiger partial charge in [-0.15, -0.1) is 11.8 Å². The van der Waals surface area contributed by atoms with Crippen LogP contribution in [0.5, 0.6) is 11.5 Å². The summed E-state index contributed by atoms with van der Waals surface area (Å²) in [4.78, 5) is 2.56. The van der Waals surface area contributed by atoms with Gasteiger partial charge in [-0.25, -0.2) is 0 Å². The topological polar surface area (TPSA) is 26.6 Å². The lowest BCUT2D eigenvalue weighted by molar-refractivity contribution is 0.170. The van der Waals surface area contributed by atoms with Gasteiger partial charge in [0.2, 0.25) is 0 Å². The second kappa shape index (κ2) is 9.79. The van der Waals surface area contributed by atoms with Gasteiger partial charge in [-0.05, 0) is 59.6 Å². The molecule has 2 atom stereocenters. The van der Waals surface area contributed by atoms with Gasteiger partial charge in [-0.2, -0.15) is 0 Å². The normalized spacial score (nSPS) is 21.9. The van der Waals surface area contributed by atoms with Crippen molar-refractivity contribution < 1.29 is 9.47 Å². The molecule has 0 N–H and O–H groups in total. The molecule has 1 aromatic heterocycles. The number of benzene rings is 2. The van der Waals surface area contributed by atoms with Gasteiger partial charge in [0, 0.05) is 37.6 Å². The van der Waals surface area contributed by atoms with Gasteiger partial charge in [0.25, 0.3) is 0 Å². The number of aromatic nitrogens is 1. The van der Waals surface area contributed by atoms with Crippen LogP contribution in [0.4, 0.5) is 0 Å². The highest BCUT2D eigenvalue weighted by molar-refractivity contribution is 8.03. The Balaban J connectivity index is 1.28. The number of hydrogen-bond donors (Lipinski definition) is 0. The second-order valence-electron chi connectivity index (χ2n) is 9.97. The quantitative estimate of drug-likeness (QED) is 0.317. The summed E-state index contributed by atoms with van der Waals surface area (Å²) in [5.74, 6) is 2.44. The Kier molecular flexibility index (Phi) is 6.38. The van der Waals surface area contributed by atoms with E-state index in [1.165, 1.54) is 41.8 Å². The number of rotatable bonds is 10. The smallest absolute Gasteiger partial charge is 0.161 e. The largest absolute Gasteiger partial charge is 0.486 e. The van der Waals surface area contributed by atoms with Gasteiger partial charge in [0.15, 0.2) is 11.5 Å². The molecule has 0 amide bonds. The minimum Gasteiger partial charge on any atom is -0.486 e. The highest BCUT2D eigenvalue weighted by Crippen LogP contribution is 2.67. The number of ether oxygens (including phenoxy) is 2. The molecule has 2 unspecified atom stereocenters. The van der Waals surface area contributed by atoms with Crippen molar-refractivity contribution in [2.45, 2.75) is 57.1 Å². The van der Waals surface area contributed by atoms with Crippen molar-refractivity contribution in [3.05, 3.63) is 94.7 Å². The molecule has 4 nitrogen and oxygen atoms in total. The van der Waals surface area contributed by atoms with Crippen LogP contribution in [0, 0.1) is 5.92 Å². The van der Waals surface area contributed by atoms with Crippen molar-refractivity contribution in [3.8, 4) is 11.5 Å². The fraction of sp³-hybridized carbons (Fsp3) is 0.400. The summed E-state index contributed by atoms with van der Waals surface area (Å²) in [7, 11) is 0. The molecule has 2 aromatic carbocycles. The fourth-order valence-electron chi connectivity index (χ4n) is 5.52. The van der Waals surface area contributed by atoms with Crippen molar-refractivity contribution in [2.24, 2.45) is 5.92 Å². The first-order chi connectivity index (χ1) is 17.2. The van der Waals surface area contributed by atoms with Crippen LogP contribution in [0.2, 0.25) is 0 Å². The van der Waals surface area contributed by atoms with Crippen LogP contribution in [0.3, 0.4) is 0 Å². The first-order valence-corrected chi connectivity index (χ1v) is 13.8. The number of allylic oxidation sites excluding steroid dienone is 1. The third kappa shape index (κ3) is 4.64. The third-order valence-electron chi connectivity index (χ3n) is 7.44. The molecule has 35 heavy (non-hydrogen) atoms. The van der Waals surface area contributed by atoms with E-state index in [0.717, 1.165) is 37.7 Å². The van der Waals surface area contributed by atoms with E-state index in [-0.39, 0.29) is 0 Å². The van der Waals surface area contributed by atoms with Gasteiger partial charge < -0.3 is 14.0 Å². The van der Waals surface area contributed by atoms with E-state index in [1.54, 1.807) is 0 Å². The summed E-state index contributed by atoms with van der Waals surface area (Å²) in [5.41, 5.74) is 5.55. The Bertz CT molecular complexity index is 1200. The lowest BCUT2D eigenvalue weighted by Crippen LogP contribution is -2.25. The van der Waals surface area contributed by atoms with Crippen molar-refractivity contribution in [3.63, 3.8) is 0 Å². The average Bonchev–Trinajstić information content (AvgIpc) is 3.21. The molecular weight excluding hydrogens is 452 g/mol. The minimum absolute atomic E-state index is 0.298. The Morgan fingerprint density at radius 1 is 0.943 bits per heavy atom. The van der Waals surface area contributed by atoms with Crippen molar-refractivity contribution >= 4 is 11.8 Å². The van der Waals surface area contributed by atoms with E-state index in [9.17, 15) is 0 Å². The molecule has 5 heteroatoms. The number of hydrogen-bond acceptors (Lipinski definition) is 4. The van der Waals surface area contributed by atoms with E-state index in [2.05, 4.69) is 88.5 Å². The van der Waals surface area contributed by atoms with Crippen LogP contribution in [-0.2, 0) is 30.9 Å². The molecule has 6 rings (SSSR count). The summed E-state index contributed by atoms with van der Waals surface area (Å²) in [6.45, 7) is 7.33. The van der Waals surface area contributed by atoms with Gasteiger partial charge >= 0.3 is 0 Å². The summed E-state index contributed by atoms with van der Waals surface area (Å²) in [6.07, 6.45) is 6.12. The molecule has 3 aliphatic rings. The molecule has 3 heterocycles. The molecule has 0 saturated heterocycles. The maximum Gasteiger partial charge on any atom is 0.161 e. The lowest BCUT2D eigenvalue weighted by atomic mass is 10.1. The van der Waals surface area contributed by atoms with Crippen LogP contribution in [0.25, 0.3) is 0 Å². The first kappa shape index (κ1) is 22.8. The molecule has 2 aliphatic heterocycles. The number of fused-ring (bicyclic) bond motifs is 2. The molecule has 182 valence electrons. The van der Waals surface area contributed by atoms with E-state index in [1.807, 2.05) is 11.8 Å². The monoisotopic (exact) mass is 486 g/mol. The highest BCUT2D eigenvalue weighted by atomic mass is 32.2. The van der Waals surface area contributed by atoms with E-state index >= 15 is 0 Å². The standard InChI is InChI=1S/C30H34N2O2S/c1-2-3-14-32-26(10-12-29(32)30-19-25(30)13-17-35-30)22-31(20-23-7-5-4-6-8-23)21-24-9-11-27-28(18-24)34-16-15-33-27/h4-13,17-18,25H,2-3,14-16,19-22H2,1H3. The van der Waals surface area contributed by atoms with E-state index in [0.29, 0.717) is 23.9 Å².